The summed E-state index contributed by atoms with van der Waals surface area (Å²) in [6.07, 6.45) is 8.65. The minimum absolute atomic E-state index is 0.0231. The van der Waals surface area contributed by atoms with Crippen LogP contribution in [0.5, 0.6) is 0 Å². The number of piperidine rings is 1. The number of unbranched alkanes of at least 4 members (excludes halogenated alkanes) is 1. The molecule has 2 fully saturated rings. The Bertz CT molecular complexity index is 566. The van der Waals surface area contributed by atoms with Crippen molar-refractivity contribution >= 4 is 11.7 Å². The summed E-state index contributed by atoms with van der Waals surface area (Å²) < 4.78 is 7.47. The smallest absolute Gasteiger partial charge is 0.321 e. The van der Waals surface area contributed by atoms with Gasteiger partial charge in [-0.2, -0.15) is 5.10 Å². The Morgan fingerprint density at radius 2 is 2.12 bits per heavy atom. The van der Waals surface area contributed by atoms with Crippen molar-refractivity contribution in [3.05, 3.63) is 11.9 Å². The van der Waals surface area contributed by atoms with Crippen molar-refractivity contribution in [3.8, 4) is 0 Å². The number of nitrogens with zero attached hydrogens (tertiary/aromatic N) is 3. The lowest BCUT2D eigenvalue weighted by molar-refractivity contribution is 0.0322. The van der Waals surface area contributed by atoms with E-state index < -0.39 is 0 Å². The summed E-state index contributed by atoms with van der Waals surface area (Å²) in [5, 5.41) is 7.49. The number of anilines is 1. The van der Waals surface area contributed by atoms with Gasteiger partial charge in [-0.05, 0) is 50.9 Å². The third-order valence-electron chi connectivity index (χ3n) is 5.75. The summed E-state index contributed by atoms with van der Waals surface area (Å²) in [5.41, 5.74) is 1.88. The number of hydrogen-bond donors (Lipinski definition) is 1. The molecule has 2 saturated heterocycles. The molecule has 0 aromatic carbocycles. The van der Waals surface area contributed by atoms with E-state index in [2.05, 4.69) is 17.3 Å². The van der Waals surface area contributed by atoms with Gasteiger partial charge in [0.15, 0.2) is 0 Å². The largest absolute Gasteiger partial charge is 0.381 e. The number of urea groups is 1. The first-order valence-electron chi connectivity index (χ1n) is 9.85. The van der Waals surface area contributed by atoms with Gasteiger partial charge in [0.2, 0.25) is 0 Å². The van der Waals surface area contributed by atoms with Crippen LogP contribution in [-0.2, 0) is 11.3 Å². The number of hydrogen-bond acceptors (Lipinski definition) is 3. The highest BCUT2D eigenvalue weighted by Gasteiger charge is 2.30. The lowest BCUT2D eigenvalue weighted by Gasteiger charge is -2.38. The standard InChI is InChI=1S/C19H32N4O2/c1-3-4-10-23-15(2)18(13-20-23)21-19(24)22-9-5-6-17(14-22)16-7-11-25-12-8-16/h13,16-17H,3-12,14H2,1-2H3,(H,21,24). The summed E-state index contributed by atoms with van der Waals surface area (Å²) in [7, 11) is 0. The SMILES string of the molecule is CCCCn1ncc(NC(=O)N2CCCC(C3CCOCC3)C2)c1C. The Morgan fingerprint density at radius 1 is 1.32 bits per heavy atom. The molecule has 0 aliphatic carbocycles. The maximum Gasteiger partial charge on any atom is 0.321 e. The zero-order valence-corrected chi connectivity index (χ0v) is 15.7. The summed E-state index contributed by atoms with van der Waals surface area (Å²) in [4.78, 5) is 14.7. The van der Waals surface area contributed by atoms with E-state index in [9.17, 15) is 4.79 Å². The highest BCUT2D eigenvalue weighted by molar-refractivity contribution is 5.89. The van der Waals surface area contributed by atoms with Crippen molar-refractivity contribution in [1.29, 1.82) is 0 Å². The summed E-state index contributed by atoms with van der Waals surface area (Å²) in [6, 6.07) is 0.0231. The second-order valence-corrected chi connectivity index (χ2v) is 7.45. The number of rotatable bonds is 5. The molecule has 140 valence electrons. The minimum atomic E-state index is 0.0231. The third kappa shape index (κ3) is 4.54. The average Bonchev–Trinajstić information content (AvgIpc) is 3.00. The molecule has 3 heterocycles. The van der Waals surface area contributed by atoms with Gasteiger partial charge in [0, 0.05) is 32.8 Å². The lowest BCUT2D eigenvalue weighted by Crippen LogP contribution is -2.44. The molecule has 0 saturated carbocycles. The van der Waals surface area contributed by atoms with Gasteiger partial charge < -0.3 is 15.0 Å². The highest BCUT2D eigenvalue weighted by atomic mass is 16.5. The van der Waals surface area contributed by atoms with E-state index in [0.717, 1.165) is 76.3 Å². The van der Waals surface area contributed by atoms with Crippen LogP contribution in [0.4, 0.5) is 10.5 Å². The van der Waals surface area contributed by atoms with Gasteiger partial charge in [0.1, 0.15) is 0 Å². The van der Waals surface area contributed by atoms with Gasteiger partial charge >= 0.3 is 6.03 Å². The van der Waals surface area contributed by atoms with Crippen molar-refractivity contribution in [1.82, 2.24) is 14.7 Å². The number of carbonyl (C=O) groups is 1. The van der Waals surface area contributed by atoms with Crippen LogP contribution in [0.2, 0.25) is 0 Å². The van der Waals surface area contributed by atoms with Gasteiger partial charge in [-0.3, -0.25) is 4.68 Å². The van der Waals surface area contributed by atoms with Crippen LogP contribution in [0.1, 0.15) is 51.1 Å². The molecule has 1 N–H and O–H groups in total. The van der Waals surface area contributed by atoms with E-state index in [1.165, 1.54) is 6.42 Å². The molecule has 1 aromatic heterocycles. The minimum Gasteiger partial charge on any atom is -0.381 e. The zero-order chi connectivity index (χ0) is 17.6. The van der Waals surface area contributed by atoms with Crippen LogP contribution in [0, 0.1) is 18.8 Å². The molecule has 2 aliphatic rings. The number of likely N-dealkylation sites (tertiary alicyclic amines) is 1. The normalized spacial score (nSPS) is 22.2. The van der Waals surface area contributed by atoms with Crippen LogP contribution >= 0.6 is 0 Å². The van der Waals surface area contributed by atoms with Crippen molar-refractivity contribution in [2.45, 2.75) is 58.9 Å². The Kier molecular flexibility index (Phi) is 6.34. The molecule has 6 heteroatoms. The monoisotopic (exact) mass is 348 g/mol. The molecule has 2 aliphatic heterocycles. The van der Waals surface area contributed by atoms with E-state index in [0.29, 0.717) is 11.8 Å². The van der Waals surface area contributed by atoms with Crippen LogP contribution in [-0.4, -0.2) is 47.0 Å². The zero-order valence-electron chi connectivity index (χ0n) is 15.7. The van der Waals surface area contributed by atoms with Gasteiger partial charge in [-0.1, -0.05) is 13.3 Å². The fraction of sp³-hybridized carbons (Fsp3) is 0.789. The topological polar surface area (TPSA) is 59.4 Å². The van der Waals surface area contributed by atoms with Crippen LogP contribution in [0.3, 0.4) is 0 Å². The second kappa shape index (κ2) is 8.70. The van der Waals surface area contributed by atoms with Gasteiger partial charge in [0.05, 0.1) is 17.6 Å². The maximum atomic E-state index is 12.7. The number of ether oxygens (including phenoxy) is 1. The van der Waals surface area contributed by atoms with E-state index in [-0.39, 0.29) is 6.03 Å². The van der Waals surface area contributed by atoms with Crippen molar-refractivity contribution in [3.63, 3.8) is 0 Å². The third-order valence-corrected chi connectivity index (χ3v) is 5.75. The molecule has 0 bridgehead atoms. The highest BCUT2D eigenvalue weighted by Crippen LogP contribution is 2.31. The van der Waals surface area contributed by atoms with Gasteiger partial charge in [-0.15, -0.1) is 0 Å². The summed E-state index contributed by atoms with van der Waals surface area (Å²) in [5.74, 6) is 1.33. The van der Waals surface area contributed by atoms with Gasteiger partial charge in [0.25, 0.3) is 0 Å². The summed E-state index contributed by atoms with van der Waals surface area (Å²) in [6.45, 7) is 8.60. The Balaban J connectivity index is 1.56. The number of amides is 2. The molecule has 25 heavy (non-hydrogen) atoms. The Labute approximate surface area is 150 Å². The maximum absolute atomic E-state index is 12.7. The van der Waals surface area contributed by atoms with E-state index in [4.69, 9.17) is 4.74 Å². The Hall–Kier alpha value is -1.56. The lowest BCUT2D eigenvalue weighted by atomic mass is 9.81. The molecular formula is C19H32N4O2. The predicted octanol–water partition coefficient (Wildman–Crippen LogP) is 3.66. The van der Waals surface area contributed by atoms with Crippen LogP contribution in [0.25, 0.3) is 0 Å². The molecule has 6 nitrogen and oxygen atoms in total. The number of carbonyl (C=O) groups excluding carboxylic acids is 1. The van der Waals surface area contributed by atoms with E-state index in [1.807, 2.05) is 16.5 Å². The molecule has 3 rings (SSSR count). The van der Waals surface area contributed by atoms with Gasteiger partial charge in [-0.25, -0.2) is 4.79 Å². The fourth-order valence-electron chi connectivity index (χ4n) is 4.06. The quantitative estimate of drug-likeness (QED) is 0.883. The molecule has 1 aromatic rings. The first-order valence-corrected chi connectivity index (χ1v) is 9.85. The Morgan fingerprint density at radius 3 is 2.88 bits per heavy atom. The predicted molar refractivity (Wildman–Crippen MR) is 98.7 cm³/mol. The average molecular weight is 348 g/mol. The van der Waals surface area contributed by atoms with Crippen molar-refractivity contribution in [2.24, 2.45) is 11.8 Å². The summed E-state index contributed by atoms with van der Waals surface area (Å²) >= 11 is 0. The molecular weight excluding hydrogens is 316 g/mol. The number of aromatic nitrogens is 2. The first-order chi connectivity index (χ1) is 12.2. The second-order valence-electron chi connectivity index (χ2n) is 7.45. The molecule has 1 atom stereocenters. The van der Waals surface area contributed by atoms with Crippen molar-refractivity contribution < 1.29 is 9.53 Å². The van der Waals surface area contributed by atoms with Crippen LogP contribution < -0.4 is 5.32 Å². The van der Waals surface area contributed by atoms with E-state index >= 15 is 0 Å². The van der Waals surface area contributed by atoms with Crippen LogP contribution in [0.15, 0.2) is 6.20 Å². The number of aryl methyl sites for hydroxylation is 1. The van der Waals surface area contributed by atoms with E-state index in [1.54, 1.807) is 6.20 Å². The first kappa shape index (κ1) is 18.2. The fourth-order valence-corrected chi connectivity index (χ4v) is 4.06. The molecule has 0 spiro atoms. The van der Waals surface area contributed by atoms with Crippen molar-refractivity contribution in [2.75, 3.05) is 31.6 Å². The molecule has 0 radical (unpaired) electrons. The number of nitrogens with one attached hydrogen (secondary N) is 1. The molecule has 2 amide bonds. The molecule has 1 unspecified atom stereocenters.